The first kappa shape index (κ1) is 63.7. The van der Waals surface area contributed by atoms with E-state index in [2.05, 4.69) is 325 Å². The van der Waals surface area contributed by atoms with E-state index in [1.807, 2.05) is 0 Å². The van der Waals surface area contributed by atoms with Crippen LogP contribution in [0.5, 0.6) is 23.0 Å². The summed E-state index contributed by atoms with van der Waals surface area (Å²) in [5.41, 5.74) is 50.1. The van der Waals surface area contributed by atoms with Crippen molar-refractivity contribution in [1.29, 1.82) is 0 Å². The third-order valence-corrected chi connectivity index (χ3v) is 28.2. The molecule has 6 nitrogen and oxygen atoms in total. The van der Waals surface area contributed by atoms with Crippen LogP contribution in [-0.2, 0) is 0 Å². The number of hydrogen-bond acceptors (Lipinski definition) is 6. The van der Waals surface area contributed by atoms with E-state index in [1.54, 1.807) is 0 Å². The van der Waals surface area contributed by atoms with Crippen LogP contribution in [0.1, 0.15) is 83.5 Å². The summed E-state index contributed by atoms with van der Waals surface area (Å²) in [6.07, 6.45) is 0. The summed E-state index contributed by atoms with van der Waals surface area (Å²) >= 11 is 0. The van der Waals surface area contributed by atoms with Gasteiger partial charge < -0.3 is 29.5 Å². The summed E-state index contributed by atoms with van der Waals surface area (Å²) in [6, 6.07) is 74.0. The van der Waals surface area contributed by atoms with E-state index in [4.69, 9.17) is 9.47 Å². The number of ether oxygens (including phenoxy) is 2. The van der Waals surface area contributed by atoms with Crippen LogP contribution in [0.2, 0.25) is 13.1 Å². The minimum atomic E-state index is -2.27. The maximum absolute atomic E-state index is 8.04. The number of rotatable bonds is 5. The SMILES string of the molecule is Cc1cc(C)c(-c2cc3c4c(c2)N2c5ccccc5[Si](C)(C)c5cccc(c52)B4c2cc4c(cc2N3)N(c2c(C)cc(C)cc2C)c2cc(-c3c(C)cc(C)cc3C)cc3c2B4c2cc4c(cc2O3)N(c2c(C)cc(C)cc2C)c2cc(-c3c(C)cc(C)cc3C)cc3c2B4c2ccccc2O3)c(C)c1. The molecule has 0 saturated heterocycles. The lowest BCUT2D eigenvalue weighted by Gasteiger charge is -2.48. The molecule has 13 aromatic carbocycles. The zero-order valence-electron chi connectivity index (χ0n) is 63.3. The minimum absolute atomic E-state index is 0.109. The third-order valence-electron chi connectivity index (χ3n) is 24.7. The second-order valence-electron chi connectivity index (χ2n) is 32.6. The Bertz CT molecular complexity index is 6070. The van der Waals surface area contributed by atoms with Gasteiger partial charge in [-0.2, -0.15) is 0 Å². The van der Waals surface area contributed by atoms with Gasteiger partial charge in [0.15, 0.2) is 0 Å². The molecule has 0 aromatic heterocycles. The van der Waals surface area contributed by atoms with Gasteiger partial charge in [0.1, 0.15) is 31.1 Å². The molecule has 1 N–H and O–H groups in total. The Morgan fingerprint density at radius 2 is 0.676 bits per heavy atom. The molecule has 13 aromatic rings. The molecule has 0 bridgehead atoms. The number of fused-ring (bicyclic) bond motifs is 14. The molecule has 10 heteroatoms. The number of nitrogens with one attached hydrogen (secondary N) is 1. The fraction of sp³-hybridized carbons (Fsp3) is 0.179. The molecule has 0 spiro atoms. The molecule has 0 atom stereocenters. The Kier molecular flexibility index (Phi) is 13.5. The zero-order valence-corrected chi connectivity index (χ0v) is 64.3. The molecule has 0 aliphatic carbocycles. The standard InChI is InChI=1S/C95H83B3N4O2Si/c1-49-29-54(6)87(55(7)30-49)64-39-74-90-78(40-64)100-75-25-19-21-27-85(75)105(16,17)86-28-22-24-68(95(86)100)97(90)69-45-70-76(47-73(69)99-74)101(93-60(12)35-52(4)36-61(93)13)80-42-66(89-58(10)33-51(3)34-59(89)11)44-84-92(80)98(70)72-46-71-77(48-82(72)104-84)102(94-62(14)37-53(5)38-63(94)15)79-41-65(88-56(8)31-50(2)32-57(88)9)43-83-91(79)96(71)67-23-18-20-26-81(67)103-83/h18-48,99H,1-17H3. The molecule has 0 radical (unpaired) electrons. The van der Waals surface area contributed by atoms with Crippen LogP contribution in [0.15, 0.2) is 188 Å². The van der Waals surface area contributed by atoms with Gasteiger partial charge in [-0.25, -0.2) is 0 Å². The van der Waals surface area contributed by atoms with Crippen molar-refractivity contribution in [2.75, 3.05) is 20.0 Å². The molecule has 0 amide bonds. The van der Waals surface area contributed by atoms with Crippen molar-refractivity contribution in [3.05, 3.63) is 272 Å². The number of anilines is 11. The summed E-state index contributed by atoms with van der Waals surface area (Å²) in [5.74, 6) is 3.51. The molecule has 7 aliphatic heterocycles. The lowest BCUT2D eigenvalue weighted by Crippen LogP contribution is -2.68. The summed E-state index contributed by atoms with van der Waals surface area (Å²) in [5, 5.41) is 7.31. The van der Waals surface area contributed by atoms with Crippen molar-refractivity contribution in [2.45, 2.75) is 117 Å². The molecule has 7 aliphatic rings. The normalized spacial score (nSPS) is 14.3. The fourth-order valence-corrected chi connectivity index (χ4v) is 24.3. The Morgan fingerprint density at radius 1 is 0.276 bits per heavy atom. The third kappa shape index (κ3) is 8.99. The topological polar surface area (TPSA) is 40.2 Å². The number of benzene rings is 13. The Hall–Kier alpha value is -10.9. The average molecular weight is 1370 g/mol. The number of aryl methyl sites for hydroxylation is 15. The first-order valence-corrected chi connectivity index (χ1v) is 40.6. The van der Waals surface area contributed by atoms with Gasteiger partial charge in [0.25, 0.3) is 20.1 Å². The lowest BCUT2D eigenvalue weighted by molar-refractivity contribution is 0.487. The van der Waals surface area contributed by atoms with Gasteiger partial charge in [-0.05, 0) is 307 Å². The van der Waals surface area contributed by atoms with Crippen LogP contribution in [-0.4, -0.2) is 28.2 Å². The van der Waals surface area contributed by atoms with Gasteiger partial charge in [0.2, 0.25) is 0 Å². The van der Waals surface area contributed by atoms with E-state index in [1.165, 1.54) is 183 Å². The molecule has 0 fully saturated rings. The Morgan fingerprint density at radius 3 is 1.21 bits per heavy atom. The predicted octanol–water partition coefficient (Wildman–Crippen LogP) is 17.6. The molecule has 20 rings (SSSR count). The zero-order chi connectivity index (χ0) is 72.1. The highest BCUT2D eigenvalue weighted by atomic mass is 28.3. The first-order chi connectivity index (χ1) is 50.5. The van der Waals surface area contributed by atoms with Gasteiger partial charge in [0.05, 0.1) is 11.4 Å². The van der Waals surface area contributed by atoms with Gasteiger partial charge >= 0.3 is 0 Å². The van der Waals surface area contributed by atoms with E-state index in [0.717, 1.165) is 79.2 Å². The summed E-state index contributed by atoms with van der Waals surface area (Å²) in [7, 11) is -2.27. The Labute approximate surface area is 620 Å². The maximum Gasteiger partial charge on any atom is 0.256 e. The highest BCUT2D eigenvalue weighted by molar-refractivity contribution is 7.07. The smallest absolute Gasteiger partial charge is 0.256 e. The minimum Gasteiger partial charge on any atom is -0.458 e. The van der Waals surface area contributed by atoms with E-state index in [-0.39, 0.29) is 20.1 Å². The number of nitrogens with zero attached hydrogens (tertiary/aromatic N) is 3. The Balaban J connectivity index is 0.903. The van der Waals surface area contributed by atoms with Gasteiger partial charge in [0, 0.05) is 57.3 Å². The second-order valence-corrected chi connectivity index (χ2v) is 36.9. The van der Waals surface area contributed by atoms with Crippen LogP contribution in [0.3, 0.4) is 0 Å². The van der Waals surface area contributed by atoms with Crippen LogP contribution in [0, 0.1) is 104 Å². The van der Waals surface area contributed by atoms with Gasteiger partial charge in [-0.3, -0.25) is 0 Å². The summed E-state index contributed by atoms with van der Waals surface area (Å²) in [4.78, 5) is 7.91. The van der Waals surface area contributed by atoms with Crippen molar-refractivity contribution in [3.63, 3.8) is 0 Å². The van der Waals surface area contributed by atoms with Crippen molar-refractivity contribution in [3.8, 4) is 56.4 Å². The quantitative estimate of drug-likeness (QED) is 0.173. The molecular formula is C95H83B3N4O2Si. The number of hydrogen-bond donors (Lipinski definition) is 1. The van der Waals surface area contributed by atoms with Crippen molar-refractivity contribution in [2.24, 2.45) is 0 Å². The van der Waals surface area contributed by atoms with Crippen LogP contribution >= 0.6 is 0 Å². The van der Waals surface area contributed by atoms with Gasteiger partial charge in [-0.1, -0.05) is 168 Å². The largest absolute Gasteiger partial charge is 0.458 e. The molecule has 7 heterocycles. The van der Waals surface area contributed by atoms with E-state index < -0.39 is 8.07 Å². The molecule has 105 heavy (non-hydrogen) atoms. The molecule has 0 unspecified atom stereocenters. The van der Waals surface area contributed by atoms with E-state index in [9.17, 15) is 0 Å². The fourth-order valence-electron chi connectivity index (χ4n) is 21.3. The number of para-hydroxylation sites is 3. The molecular weight excluding hydrogens is 1290 g/mol. The predicted molar refractivity (Wildman–Crippen MR) is 451 cm³/mol. The van der Waals surface area contributed by atoms with Crippen LogP contribution < -0.4 is 89.0 Å². The van der Waals surface area contributed by atoms with Gasteiger partial charge in [-0.15, -0.1) is 0 Å². The average Bonchev–Trinajstić information content (AvgIpc) is 0.685. The first-order valence-electron chi connectivity index (χ1n) is 37.6. The molecule has 0 saturated carbocycles. The lowest BCUT2D eigenvalue weighted by atomic mass is 9.29. The van der Waals surface area contributed by atoms with Crippen molar-refractivity contribution < 1.29 is 9.47 Å². The summed E-state index contributed by atoms with van der Waals surface area (Å²) in [6.45, 7) is 38.6. The van der Waals surface area contributed by atoms with E-state index in [0.29, 0.717) is 0 Å². The highest BCUT2D eigenvalue weighted by Crippen LogP contribution is 2.52. The van der Waals surface area contributed by atoms with Crippen molar-refractivity contribution >= 4 is 150 Å². The monoisotopic (exact) mass is 1370 g/mol. The highest BCUT2D eigenvalue weighted by Gasteiger charge is 2.52. The van der Waals surface area contributed by atoms with Crippen LogP contribution in [0.4, 0.5) is 62.6 Å². The maximum atomic E-state index is 8.04. The molecule has 508 valence electrons. The van der Waals surface area contributed by atoms with Crippen molar-refractivity contribution in [1.82, 2.24) is 0 Å². The summed E-state index contributed by atoms with van der Waals surface area (Å²) < 4.78 is 15.4. The van der Waals surface area contributed by atoms with E-state index >= 15 is 0 Å². The van der Waals surface area contributed by atoms with Crippen LogP contribution in [0.25, 0.3) is 33.4 Å². The second kappa shape index (κ2) is 22.3.